The van der Waals surface area contributed by atoms with Crippen LogP contribution in [0.3, 0.4) is 0 Å². The molecule has 0 aliphatic carbocycles. The van der Waals surface area contributed by atoms with Crippen molar-refractivity contribution < 1.29 is 22.7 Å². The Morgan fingerprint density at radius 2 is 1.86 bits per heavy atom. The van der Waals surface area contributed by atoms with Crippen LogP contribution in [0.5, 0.6) is 5.75 Å². The van der Waals surface area contributed by atoms with Crippen molar-refractivity contribution in [2.24, 2.45) is 0 Å². The lowest BCUT2D eigenvalue weighted by atomic mass is 10.0. The SMILES string of the molecule is COc1ccc(I)cc1C(=O)c1cccc(C(F)(F)F)c1. The second-order valence-electron chi connectivity index (χ2n) is 4.25. The average molecular weight is 406 g/mol. The standard InChI is InChI=1S/C15H10F3IO2/c1-21-13-6-5-11(19)8-12(13)14(20)9-3-2-4-10(7-9)15(16,17)18/h2-8H,1H3. The molecule has 0 bridgehead atoms. The van der Waals surface area contributed by atoms with Gasteiger partial charge in [0.25, 0.3) is 0 Å². The first-order valence-corrected chi connectivity index (χ1v) is 6.96. The molecule has 2 nitrogen and oxygen atoms in total. The zero-order valence-corrected chi connectivity index (χ0v) is 13.0. The molecule has 110 valence electrons. The lowest BCUT2D eigenvalue weighted by Crippen LogP contribution is -2.09. The highest BCUT2D eigenvalue weighted by Gasteiger charge is 2.31. The molecule has 0 amide bonds. The second-order valence-corrected chi connectivity index (χ2v) is 5.50. The summed E-state index contributed by atoms with van der Waals surface area (Å²) in [5.74, 6) is -0.172. The third kappa shape index (κ3) is 3.55. The van der Waals surface area contributed by atoms with Gasteiger partial charge in [-0.25, -0.2) is 0 Å². The number of rotatable bonds is 3. The Labute approximate surface area is 133 Å². The first-order chi connectivity index (χ1) is 9.82. The van der Waals surface area contributed by atoms with Crippen LogP contribution in [0.2, 0.25) is 0 Å². The van der Waals surface area contributed by atoms with Crippen LogP contribution < -0.4 is 4.74 Å². The van der Waals surface area contributed by atoms with Gasteiger partial charge in [-0.2, -0.15) is 13.2 Å². The summed E-state index contributed by atoms with van der Waals surface area (Å²) in [6.45, 7) is 0. The molecule has 0 saturated heterocycles. The van der Waals surface area contributed by atoms with Crippen molar-refractivity contribution >= 4 is 28.4 Å². The van der Waals surface area contributed by atoms with Crippen LogP contribution in [0.1, 0.15) is 21.5 Å². The van der Waals surface area contributed by atoms with E-state index in [0.717, 1.165) is 15.7 Å². The minimum absolute atomic E-state index is 0.0230. The number of ketones is 1. The molecule has 6 heteroatoms. The molecule has 2 aromatic carbocycles. The van der Waals surface area contributed by atoms with E-state index in [0.29, 0.717) is 5.75 Å². The number of halogens is 4. The number of benzene rings is 2. The predicted molar refractivity (Wildman–Crippen MR) is 80.6 cm³/mol. The minimum atomic E-state index is -4.48. The van der Waals surface area contributed by atoms with Crippen molar-refractivity contribution in [1.82, 2.24) is 0 Å². The van der Waals surface area contributed by atoms with Gasteiger partial charge in [-0.05, 0) is 52.9 Å². The molecule has 2 aromatic rings. The summed E-state index contributed by atoms with van der Waals surface area (Å²) in [6.07, 6.45) is -4.48. The molecule has 2 rings (SSSR count). The van der Waals surface area contributed by atoms with Crippen LogP contribution in [-0.4, -0.2) is 12.9 Å². The fraction of sp³-hybridized carbons (Fsp3) is 0.133. The third-order valence-electron chi connectivity index (χ3n) is 2.86. The van der Waals surface area contributed by atoms with E-state index in [2.05, 4.69) is 0 Å². The Kier molecular flexibility index (Phi) is 4.55. The summed E-state index contributed by atoms with van der Waals surface area (Å²) in [6, 6.07) is 9.31. The van der Waals surface area contributed by atoms with Gasteiger partial charge in [0.05, 0.1) is 18.2 Å². The summed E-state index contributed by atoms with van der Waals surface area (Å²) in [5, 5.41) is 0. The van der Waals surface area contributed by atoms with Crippen molar-refractivity contribution in [3.8, 4) is 5.75 Å². The number of methoxy groups -OCH3 is 1. The van der Waals surface area contributed by atoms with Gasteiger partial charge in [0.2, 0.25) is 0 Å². The van der Waals surface area contributed by atoms with Gasteiger partial charge in [0.15, 0.2) is 5.78 Å². The first kappa shape index (κ1) is 15.8. The fourth-order valence-corrected chi connectivity index (χ4v) is 2.34. The van der Waals surface area contributed by atoms with Crippen LogP contribution in [-0.2, 0) is 6.18 Å². The van der Waals surface area contributed by atoms with E-state index in [4.69, 9.17) is 4.74 Å². The molecule has 0 aromatic heterocycles. The van der Waals surface area contributed by atoms with Gasteiger partial charge >= 0.3 is 6.18 Å². The van der Waals surface area contributed by atoms with Crippen LogP contribution in [0.4, 0.5) is 13.2 Å². The number of carbonyl (C=O) groups excluding carboxylic acids is 1. The summed E-state index contributed by atoms with van der Waals surface area (Å²) in [5.41, 5.74) is -0.633. The summed E-state index contributed by atoms with van der Waals surface area (Å²) < 4.78 is 44.0. The molecule has 0 unspecified atom stereocenters. The van der Waals surface area contributed by atoms with E-state index >= 15 is 0 Å². The van der Waals surface area contributed by atoms with Gasteiger partial charge in [-0.15, -0.1) is 0 Å². The summed E-state index contributed by atoms with van der Waals surface area (Å²) >= 11 is 2.02. The topological polar surface area (TPSA) is 26.3 Å². The molecule has 0 radical (unpaired) electrons. The van der Waals surface area contributed by atoms with E-state index in [1.165, 1.54) is 19.2 Å². The van der Waals surface area contributed by atoms with Crippen LogP contribution >= 0.6 is 22.6 Å². The molecule has 0 saturated carbocycles. The van der Waals surface area contributed by atoms with E-state index in [1.54, 1.807) is 18.2 Å². The zero-order chi connectivity index (χ0) is 15.6. The highest BCUT2D eigenvalue weighted by atomic mass is 127. The Morgan fingerprint density at radius 1 is 1.14 bits per heavy atom. The van der Waals surface area contributed by atoms with Crippen molar-refractivity contribution in [3.63, 3.8) is 0 Å². The van der Waals surface area contributed by atoms with Crippen molar-refractivity contribution in [2.75, 3.05) is 7.11 Å². The monoisotopic (exact) mass is 406 g/mol. The maximum atomic E-state index is 12.7. The number of hydrogen-bond acceptors (Lipinski definition) is 2. The Balaban J connectivity index is 2.48. The first-order valence-electron chi connectivity index (χ1n) is 5.88. The van der Waals surface area contributed by atoms with Crippen molar-refractivity contribution in [1.29, 1.82) is 0 Å². The summed E-state index contributed by atoms with van der Waals surface area (Å²) in [7, 11) is 1.41. The number of ether oxygens (including phenoxy) is 1. The maximum absolute atomic E-state index is 12.7. The quantitative estimate of drug-likeness (QED) is 0.553. The molecule has 21 heavy (non-hydrogen) atoms. The molecule has 0 spiro atoms. The molecular weight excluding hydrogens is 396 g/mol. The molecular formula is C15H10F3IO2. The van der Waals surface area contributed by atoms with Gasteiger partial charge in [-0.3, -0.25) is 4.79 Å². The number of hydrogen-bond donors (Lipinski definition) is 0. The lowest BCUT2D eigenvalue weighted by molar-refractivity contribution is -0.137. The average Bonchev–Trinajstić information content (AvgIpc) is 2.45. The lowest BCUT2D eigenvalue weighted by Gasteiger charge is -2.10. The van der Waals surface area contributed by atoms with E-state index in [-0.39, 0.29) is 11.1 Å². The molecule has 0 fully saturated rings. The van der Waals surface area contributed by atoms with E-state index in [1.807, 2.05) is 22.6 Å². The smallest absolute Gasteiger partial charge is 0.416 e. The normalized spacial score (nSPS) is 11.3. The molecule has 0 N–H and O–H groups in total. The molecule has 0 heterocycles. The van der Waals surface area contributed by atoms with E-state index in [9.17, 15) is 18.0 Å². The largest absolute Gasteiger partial charge is 0.496 e. The second kappa shape index (κ2) is 6.05. The molecule has 0 aliphatic rings. The maximum Gasteiger partial charge on any atom is 0.416 e. The van der Waals surface area contributed by atoms with Crippen LogP contribution in [0.15, 0.2) is 42.5 Å². The number of carbonyl (C=O) groups is 1. The Morgan fingerprint density at radius 3 is 2.48 bits per heavy atom. The van der Waals surface area contributed by atoms with Gasteiger partial charge in [0.1, 0.15) is 5.75 Å². The predicted octanol–water partition coefficient (Wildman–Crippen LogP) is 4.55. The molecule has 0 aliphatic heterocycles. The molecule has 0 atom stereocenters. The minimum Gasteiger partial charge on any atom is -0.496 e. The van der Waals surface area contributed by atoms with Crippen LogP contribution in [0, 0.1) is 3.57 Å². The number of alkyl halides is 3. The van der Waals surface area contributed by atoms with Gasteiger partial charge < -0.3 is 4.74 Å². The summed E-state index contributed by atoms with van der Waals surface area (Å²) in [4.78, 5) is 12.4. The zero-order valence-electron chi connectivity index (χ0n) is 10.9. The van der Waals surface area contributed by atoms with Gasteiger partial charge in [-0.1, -0.05) is 12.1 Å². The van der Waals surface area contributed by atoms with Gasteiger partial charge in [0, 0.05) is 9.13 Å². The van der Waals surface area contributed by atoms with Crippen molar-refractivity contribution in [2.45, 2.75) is 6.18 Å². The van der Waals surface area contributed by atoms with Crippen molar-refractivity contribution in [3.05, 3.63) is 62.7 Å². The van der Waals surface area contributed by atoms with Crippen LogP contribution in [0.25, 0.3) is 0 Å². The highest BCUT2D eigenvalue weighted by molar-refractivity contribution is 14.1. The third-order valence-corrected chi connectivity index (χ3v) is 3.53. The Bertz CT molecular complexity index is 681. The van der Waals surface area contributed by atoms with E-state index < -0.39 is 17.5 Å². The fourth-order valence-electron chi connectivity index (χ4n) is 1.85. The highest BCUT2D eigenvalue weighted by Crippen LogP contribution is 2.31. The Hall–Kier alpha value is -1.57.